The second kappa shape index (κ2) is 7.88. The van der Waals surface area contributed by atoms with Gasteiger partial charge in [-0.3, -0.25) is 9.18 Å². The van der Waals surface area contributed by atoms with Crippen molar-refractivity contribution >= 4 is 22.7 Å². The smallest absolute Gasteiger partial charge is 0.408 e. The number of oxazole rings is 1. The summed E-state index contributed by atoms with van der Waals surface area (Å²) in [6.07, 6.45) is 1.92. The highest BCUT2D eigenvalue weighted by Gasteiger charge is 2.48. The second-order valence-electron chi connectivity index (χ2n) is 10.4. The maximum atomic E-state index is 13.6. The molecule has 1 spiro atoms. The Morgan fingerprint density at radius 3 is 2.68 bits per heavy atom. The van der Waals surface area contributed by atoms with Crippen molar-refractivity contribution in [2.24, 2.45) is 0 Å². The number of rotatable bonds is 6. The van der Waals surface area contributed by atoms with Crippen molar-refractivity contribution < 1.29 is 22.0 Å². The van der Waals surface area contributed by atoms with Gasteiger partial charge in [0.2, 0.25) is 5.95 Å². The van der Waals surface area contributed by atoms with Gasteiger partial charge in [0.05, 0.1) is 5.69 Å². The largest absolute Gasteiger partial charge is 0.430 e. The topological polar surface area (TPSA) is 103 Å². The third-order valence-corrected chi connectivity index (χ3v) is 7.82. The Kier molecular flexibility index (Phi) is 4.85. The van der Waals surface area contributed by atoms with Gasteiger partial charge >= 0.3 is 12.2 Å². The molecule has 198 valence electrons. The van der Waals surface area contributed by atoms with E-state index >= 15 is 0 Å². The minimum Gasteiger partial charge on any atom is -0.430 e. The maximum Gasteiger partial charge on any atom is 0.408 e. The van der Waals surface area contributed by atoms with Gasteiger partial charge in [0.1, 0.15) is 24.9 Å². The molecule has 4 aromatic rings. The van der Waals surface area contributed by atoms with E-state index < -0.39 is 30.4 Å². The van der Waals surface area contributed by atoms with Crippen molar-refractivity contribution in [3.63, 3.8) is 0 Å². The van der Waals surface area contributed by atoms with E-state index in [0.29, 0.717) is 23.2 Å². The predicted octanol–water partition coefficient (Wildman–Crippen LogP) is 4.01. The van der Waals surface area contributed by atoms with Crippen molar-refractivity contribution in [3.8, 4) is 6.01 Å². The van der Waals surface area contributed by atoms with Gasteiger partial charge in [0.15, 0.2) is 5.65 Å². The Labute approximate surface area is 212 Å². The van der Waals surface area contributed by atoms with Crippen LogP contribution in [0.15, 0.2) is 39.9 Å². The molecule has 3 aliphatic rings. The van der Waals surface area contributed by atoms with E-state index in [0.717, 1.165) is 36.2 Å². The van der Waals surface area contributed by atoms with Gasteiger partial charge in [-0.2, -0.15) is 27.8 Å². The first-order valence-electron chi connectivity index (χ1n) is 12.4. The second-order valence-corrected chi connectivity index (χ2v) is 10.4. The lowest BCUT2D eigenvalue weighted by atomic mass is 9.92. The molecule has 0 bridgehead atoms. The maximum absolute atomic E-state index is 13.6. The fourth-order valence-electron chi connectivity index (χ4n) is 5.39. The Morgan fingerprint density at radius 1 is 1.16 bits per heavy atom. The summed E-state index contributed by atoms with van der Waals surface area (Å²) in [5.41, 5.74) is 1.77. The number of fused-ring (bicyclic) bond motifs is 3. The standard InChI is InChI=1S/C25H23F4N7O2/c26-12-23(4-5-23)18-11-38-22(33-18)36-19-16(20(37)35(36)13-25(27,28)29)10-30-21(34-19)32-15-1-2-17-14(9-15)3-8-31-24(17)6-7-24/h1-2,9-11,31H,3-8,12-13H2,(H,30,32,34). The van der Waals surface area contributed by atoms with Gasteiger partial charge < -0.3 is 15.1 Å². The highest BCUT2D eigenvalue weighted by atomic mass is 19.4. The molecule has 4 heterocycles. The Bertz CT molecular complexity index is 1630. The molecule has 0 atom stereocenters. The average molecular weight is 529 g/mol. The van der Waals surface area contributed by atoms with Crippen LogP contribution in [-0.4, -0.2) is 43.7 Å². The van der Waals surface area contributed by atoms with Crippen LogP contribution >= 0.6 is 0 Å². The zero-order chi connectivity index (χ0) is 26.3. The van der Waals surface area contributed by atoms with Crippen LogP contribution in [0.25, 0.3) is 17.0 Å². The number of nitrogens with one attached hydrogen (secondary N) is 2. The lowest BCUT2D eigenvalue weighted by molar-refractivity contribution is -0.144. The number of anilines is 2. The number of hydrogen-bond acceptors (Lipinski definition) is 7. The zero-order valence-electron chi connectivity index (χ0n) is 20.1. The molecular weight excluding hydrogens is 506 g/mol. The summed E-state index contributed by atoms with van der Waals surface area (Å²) >= 11 is 0. The number of benzene rings is 1. The summed E-state index contributed by atoms with van der Waals surface area (Å²) in [7, 11) is 0. The van der Waals surface area contributed by atoms with Crippen LogP contribution in [-0.2, 0) is 23.9 Å². The first kappa shape index (κ1) is 23.4. The van der Waals surface area contributed by atoms with E-state index in [1.165, 1.54) is 23.6 Å². The molecule has 0 amide bonds. The number of nitrogens with zero attached hydrogens (tertiary/aromatic N) is 5. The predicted molar refractivity (Wildman–Crippen MR) is 128 cm³/mol. The lowest BCUT2D eigenvalue weighted by Gasteiger charge is -2.27. The van der Waals surface area contributed by atoms with Crippen molar-refractivity contribution in [1.82, 2.24) is 29.6 Å². The minimum atomic E-state index is -4.70. The van der Waals surface area contributed by atoms with Crippen molar-refractivity contribution in [2.45, 2.75) is 55.8 Å². The summed E-state index contributed by atoms with van der Waals surface area (Å²) in [6, 6.07) is 5.71. The molecule has 1 aromatic carbocycles. The summed E-state index contributed by atoms with van der Waals surface area (Å²) in [5, 5.41) is 6.57. The Morgan fingerprint density at radius 2 is 1.97 bits per heavy atom. The molecule has 38 heavy (non-hydrogen) atoms. The summed E-state index contributed by atoms with van der Waals surface area (Å²) < 4.78 is 60.7. The van der Waals surface area contributed by atoms with Gasteiger partial charge in [-0.1, -0.05) is 6.07 Å². The van der Waals surface area contributed by atoms with E-state index in [4.69, 9.17) is 4.42 Å². The number of halogens is 4. The SMILES string of the molecule is O=c1c2cnc(Nc3ccc4c(c3)CCNC43CC3)nc2n(-c2nc(C3(CF)CC3)co2)n1CC(F)(F)F. The van der Waals surface area contributed by atoms with Crippen LogP contribution in [0.1, 0.15) is 42.5 Å². The van der Waals surface area contributed by atoms with Gasteiger partial charge in [-0.05, 0) is 55.4 Å². The van der Waals surface area contributed by atoms with Crippen LogP contribution in [0.3, 0.4) is 0 Å². The molecule has 0 unspecified atom stereocenters. The molecule has 0 saturated heterocycles. The van der Waals surface area contributed by atoms with Gasteiger partial charge in [0.25, 0.3) is 5.56 Å². The third-order valence-electron chi connectivity index (χ3n) is 7.82. The molecular formula is C25H23F4N7O2. The Hall–Kier alpha value is -3.74. The van der Waals surface area contributed by atoms with Crippen LogP contribution < -0.4 is 16.2 Å². The molecule has 1 aliphatic heterocycles. The fraction of sp³-hybridized carbons (Fsp3) is 0.440. The normalized spacial score (nSPS) is 19.1. The highest BCUT2D eigenvalue weighted by Crippen LogP contribution is 2.49. The van der Waals surface area contributed by atoms with E-state index in [1.807, 2.05) is 12.1 Å². The van der Waals surface area contributed by atoms with Crippen molar-refractivity contribution in [3.05, 3.63) is 57.8 Å². The highest BCUT2D eigenvalue weighted by molar-refractivity contribution is 5.76. The average Bonchev–Trinajstić information content (AvgIpc) is 3.78. The summed E-state index contributed by atoms with van der Waals surface area (Å²) in [5.74, 6) is 0.0969. The molecule has 9 nitrogen and oxygen atoms in total. The van der Waals surface area contributed by atoms with Crippen LogP contribution in [0, 0.1) is 0 Å². The molecule has 3 aromatic heterocycles. The molecule has 13 heteroatoms. The number of hydrogen-bond donors (Lipinski definition) is 2. The van der Waals surface area contributed by atoms with Crippen LogP contribution in [0.4, 0.5) is 29.2 Å². The minimum absolute atomic E-state index is 0.0785. The monoisotopic (exact) mass is 529 g/mol. The molecule has 7 rings (SSSR count). The quantitative estimate of drug-likeness (QED) is 0.364. The van der Waals surface area contributed by atoms with E-state index in [-0.39, 0.29) is 28.5 Å². The van der Waals surface area contributed by atoms with Crippen LogP contribution in [0.2, 0.25) is 0 Å². The van der Waals surface area contributed by atoms with E-state index in [9.17, 15) is 22.4 Å². The summed E-state index contributed by atoms with van der Waals surface area (Å²) in [4.78, 5) is 25.8. The van der Waals surface area contributed by atoms with Gasteiger partial charge in [-0.25, -0.2) is 9.67 Å². The first-order chi connectivity index (χ1) is 18.2. The van der Waals surface area contributed by atoms with Gasteiger partial charge in [0, 0.05) is 29.4 Å². The van der Waals surface area contributed by atoms with Crippen molar-refractivity contribution in [2.75, 3.05) is 18.5 Å². The van der Waals surface area contributed by atoms with E-state index in [2.05, 4.69) is 31.7 Å². The molecule has 2 saturated carbocycles. The Balaban J connectivity index is 1.30. The van der Waals surface area contributed by atoms with Crippen molar-refractivity contribution in [1.29, 1.82) is 0 Å². The zero-order valence-corrected chi connectivity index (χ0v) is 20.1. The third kappa shape index (κ3) is 3.70. The van der Waals surface area contributed by atoms with E-state index in [1.54, 1.807) is 0 Å². The van der Waals surface area contributed by atoms with Gasteiger partial charge in [-0.15, -0.1) is 0 Å². The van der Waals surface area contributed by atoms with Crippen LogP contribution in [0.5, 0.6) is 0 Å². The lowest BCUT2D eigenvalue weighted by Crippen LogP contribution is -2.36. The first-order valence-corrected chi connectivity index (χ1v) is 12.4. The molecule has 2 fully saturated rings. The fourth-order valence-corrected chi connectivity index (χ4v) is 5.39. The molecule has 2 aliphatic carbocycles. The number of aromatic nitrogens is 5. The molecule has 0 radical (unpaired) electrons. The summed E-state index contributed by atoms with van der Waals surface area (Å²) in [6.45, 7) is -1.35. The molecule has 2 N–H and O–H groups in total. The number of alkyl halides is 4.